The number of carbonyl (C=O) groups excluding carboxylic acids is 1. The highest BCUT2D eigenvalue weighted by Crippen LogP contribution is 2.22. The van der Waals surface area contributed by atoms with Crippen molar-refractivity contribution in [3.05, 3.63) is 0 Å². The van der Waals surface area contributed by atoms with E-state index in [0.29, 0.717) is 32.7 Å². The van der Waals surface area contributed by atoms with E-state index in [9.17, 15) is 9.59 Å². The largest absolute Gasteiger partial charge is 0.481 e. The summed E-state index contributed by atoms with van der Waals surface area (Å²) in [5.41, 5.74) is 0. The predicted octanol–water partition coefficient (Wildman–Crippen LogP) is -0.456. The van der Waals surface area contributed by atoms with E-state index < -0.39 is 11.9 Å². The molecular formula is C12H20N2O4. The molecule has 0 bridgehead atoms. The van der Waals surface area contributed by atoms with Gasteiger partial charge in [-0.2, -0.15) is 0 Å². The summed E-state index contributed by atoms with van der Waals surface area (Å²) in [7, 11) is 0. The summed E-state index contributed by atoms with van der Waals surface area (Å²) in [6.45, 7) is 4.67. The molecule has 1 amide bonds. The highest BCUT2D eigenvalue weighted by molar-refractivity contribution is 5.81. The molecule has 6 heteroatoms. The van der Waals surface area contributed by atoms with Gasteiger partial charge in [-0.15, -0.1) is 0 Å². The fourth-order valence-corrected chi connectivity index (χ4v) is 2.66. The third kappa shape index (κ3) is 2.64. The summed E-state index contributed by atoms with van der Waals surface area (Å²) >= 11 is 0. The molecule has 6 nitrogen and oxygen atoms in total. The van der Waals surface area contributed by atoms with Crippen LogP contribution in [0.4, 0.5) is 0 Å². The molecule has 0 aromatic rings. The second-order valence-electron chi connectivity index (χ2n) is 4.92. The van der Waals surface area contributed by atoms with Gasteiger partial charge in [0.2, 0.25) is 5.91 Å². The monoisotopic (exact) mass is 256 g/mol. The van der Waals surface area contributed by atoms with Crippen LogP contribution in [0.3, 0.4) is 0 Å². The maximum Gasteiger partial charge on any atom is 0.308 e. The van der Waals surface area contributed by atoms with Crippen LogP contribution < -0.4 is 5.32 Å². The van der Waals surface area contributed by atoms with Crippen molar-refractivity contribution < 1.29 is 19.4 Å². The first-order valence-electron chi connectivity index (χ1n) is 6.46. The lowest BCUT2D eigenvalue weighted by Gasteiger charge is -2.23. The molecule has 2 aliphatic heterocycles. The van der Waals surface area contributed by atoms with Crippen LogP contribution >= 0.6 is 0 Å². The van der Waals surface area contributed by atoms with E-state index in [-0.39, 0.29) is 17.9 Å². The third-order valence-electron chi connectivity index (χ3n) is 3.71. The molecule has 102 valence electrons. The van der Waals surface area contributed by atoms with E-state index in [2.05, 4.69) is 5.32 Å². The first kappa shape index (κ1) is 13.3. The Balaban J connectivity index is 1.93. The Morgan fingerprint density at radius 1 is 1.44 bits per heavy atom. The number of aliphatic carboxylic acids is 1. The number of nitrogens with one attached hydrogen (secondary N) is 1. The summed E-state index contributed by atoms with van der Waals surface area (Å²) < 4.78 is 5.35. The van der Waals surface area contributed by atoms with Gasteiger partial charge in [-0.05, 0) is 13.0 Å². The van der Waals surface area contributed by atoms with E-state index in [0.717, 1.165) is 6.54 Å². The van der Waals surface area contributed by atoms with Crippen molar-refractivity contribution >= 4 is 11.9 Å². The Hall–Kier alpha value is -1.14. The lowest BCUT2D eigenvalue weighted by molar-refractivity contribution is -0.141. The van der Waals surface area contributed by atoms with Crippen LogP contribution in [0.5, 0.6) is 0 Å². The molecular weight excluding hydrogens is 236 g/mol. The Morgan fingerprint density at radius 2 is 2.22 bits per heavy atom. The van der Waals surface area contributed by atoms with Crippen LogP contribution in [0.1, 0.15) is 13.3 Å². The summed E-state index contributed by atoms with van der Waals surface area (Å²) in [6.07, 6.45) is 0.556. The minimum atomic E-state index is -0.809. The van der Waals surface area contributed by atoms with Crippen molar-refractivity contribution in [1.82, 2.24) is 10.2 Å². The van der Waals surface area contributed by atoms with E-state index >= 15 is 0 Å². The number of rotatable bonds is 4. The molecule has 2 N–H and O–H groups in total. The smallest absolute Gasteiger partial charge is 0.308 e. The van der Waals surface area contributed by atoms with Crippen molar-refractivity contribution in [3.8, 4) is 0 Å². The first-order chi connectivity index (χ1) is 8.63. The van der Waals surface area contributed by atoms with Gasteiger partial charge in [0, 0.05) is 19.1 Å². The molecule has 18 heavy (non-hydrogen) atoms. The van der Waals surface area contributed by atoms with Crippen molar-refractivity contribution in [3.63, 3.8) is 0 Å². The quantitative estimate of drug-likeness (QED) is 0.712. The van der Waals surface area contributed by atoms with Gasteiger partial charge in [0.25, 0.3) is 0 Å². The molecule has 0 saturated carbocycles. The third-order valence-corrected chi connectivity index (χ3v) is 3.71. The van der Waals surface area contributed by atoms with Crippen LogP contribution in [0, 0.1) is 11.8 Å². The van der Waals surface area contributed by atoms with Crippen LogP contribution in [-0.4, -0.2) is 60.8 Å². The second kappa shape index (κ2) is 5.67. The number of carboxylic acids is 1. The molecule has 2 heterocycles. The highest BCUT2D eigenvalue weighted by Gasteiger charge is 2.39. The Labute approximate surface area is 106 Å². The predicted molar refractivity (Wildman–Crippen MR) is 64.1 cm³/mol. The molecule has 2 aliphatic rings. The van der Waals surface area contributed by atoms with Crippen LogP contribution in [0.25, 0.3) is 0 Å². The normalized spacial score (nSPS) is 31.8. The Bertz CT molecular complexity index is 334. The van der Waals surface area contributed by atoms with Gasteiger partial charge < -0.3 is 20.1 Å². The average Bonchev–Trinajstić information content (AvgIpc) is 2.97. The van der Waals surface area contributed by atoms with E-state index in [1.54, 1.807) is 4.90 Å². The Kier molecular flexibility index (Phi) is 4.19. The molecule has 3 unspecified atom stereocenters. The number of carboxylic acid groups (broad SMARTS) is 1. The number of likely N-dealkylation sites (tertiary alicyclic amines) is 1. The molecule has 3 atom stereocenters. The highest BCUT2D eigenvalue weighted by atomic mass is 16.5. The first-order valence-corrected chi connectivity index (χ1v) is 6.46. The van der Waals surface area contributed by atoms with Gasteiger partial charge in [-0.3, -0.25) is 9.59 Å². The maximum absolute atomic E-state index is 12.3. The zero-order valence-electron chi connectivity index (χ0n) is 10.6. The average molecular weight is 256 g/mol. The number of hydrogen-bond acceptors (Lipinski definition) is 4. The molecule has 2 rings (SSSR count). The molecule has 0 aromatic heterocycles. The molecule has 0 spiro atoms. The number of ether oxygens (including phenoxy) is 1. The zero-order chi connectivity index (χ0) is 13.1. The number of nitrogens with zero attached hydrogens (tertiary/aromatic N) is 1. The number of likely N-dealkylation sites (N-methyl/N-ethyl adjacent to an activating group) is 1. The van der Waals surface area contributed by atoms with Crippen LogP contribution in [-0.2, 0) is 14.3 Å². The van der Waals surface area contributed by atoms with Gasteiger partial charge in [0.1, 0.15) is 0 Å². The lowest BCUT2D eigenvalue weighted by atomic mass is 10.0. The standard InChI is InChI=1S/C12H20N2O4/c1-2-13-10-7-18-6-9(10)11(15)14-4-3-8(5-14)12(16)17/h8-10,13H,2-7H2,1H3,(H,16,17). The van der Waals surface area contributed by atoms with Crippen LogP contribution in [0.15, 0.2) is 0 Å². The number of hydrogen-bond donors (Lipinski definition) is 2. The molecule has 2 saturated heterocycles. The van der Waals surface area contributed by atoms with Crippen LogP contribution in [0.2, 0.25) is 0 Å². The maximum atomic E-state index is 12.3. The molecule has 0 aromatic carbocycles. The molecule has 0 radical (unpaired) electrons. The Morgan fingerprint density at radius 3 is 2.83 bits per heavy atom. The van der Waals surface area contributed by atoms with Gasteiger partial charge in [-0.25, -0.2) is 0 Å². The minimum Gasteiger partial charge on any atom is -0.481 e. The zero-order valence-corrected chi connectivity index (χ0v) is 10.6. The van der Waals surface area contributed by atoms with Gasteiger partial charge in [0.05, 0.1) is 25.0 Å². The van der Waals surface area contributed by atoms with Gasteiger partial charge in [0.15, 0.2) is 0 Å². The molecule has 0 aliphatic carbocycles. The van der Waals surface area contributed by atoms with Crippen molar-refractivity contribution in [2.75, 3.05) is 32.8 Å². The van der Waals surface area contributed by atoms with Gasteiger partial charge in [-0.1, -0.05) is 6.92 Å². The van der Waals surface area contributed by atoms with Crippen molar-refractivity contribution in [1.29, 1.82) is 0 Å². The van der Waals surface area contributed by atoms with E-state index in [1.807, 2.05) is 6.92 Å². The fraction of sp³-hybridized carbons (Fsp3) is 0.833. The number of amides is 1. The van der Waals surface area contributed by atoms with E-state index in [1.165, 1.54) is 0 Å². The second-order valence-corrected chi connectivity index (χ2v) is 4.92. The topological polar surface area (TPSA) is 78.9 Å². The van der Waals surface area contributed by atoms with Crippen molar-refractivity contribution in [2.45, 2.75) is 19.4 Å². The summed E-state index contributed by atoms with van der Waals surface area (Å²) in [4.78, 5) is 24.9. The van der Waals surface area contributed by atoms with Crippen molar-refractivity contribution in [2.24, 2.45) is 11.8 Å². The summed E-state index contributed by atoms with van der Waals surface area (Å²) in [6, 6.07) is 0.0615. The minimum absolute atomic E-state index is 0.0298. The van der Waals surface area contributed by atoms with E-state index in [4.69, 9.17) is 9.84 Å². The fourth-order valence-electron chi connectivity index (χ4n) is 2.66. The van der Waals surface area contributed by atoms with Gasteiger partial charge >= 0.3 is 5.97 Å². The lowest BCUT2D eigenvalue weighted by Crippen LogP contribution is -2.45. The summed E-state index contributed by atoms with van der Waals surface area (Å²) in [5.74, 6) is -1.36. The SMILES string of the molecule is CCNC1COCC1C(=O)N1CCC(C(=O)O)C1. The molecule has 2 fully saturated rings. The number of carbonyl (C=O) groups is 2. The summed E-state index contributed by atoms with van der Waals surface area (Å²) in [5, 5.41) is 12.2.